The van der Waals surface area contributed by atoms with Crippen LogP contribution < -0.4 is 5.32 Å². The van der Waals surface area contributed by atoms with Gasteiger partial charge in [0.1, 0.15) is 0 Å². The van der Waals surface area contributed by atoms with Crippen LogP contribution in [0.1, 0.15) is 67.6 Å². The molecule has 7 heteroatoms. The molecular formula is C28H35N5OS. The number of para-hydroxylation sites is 1. The van der Waals surface area contributed by atoms with E-state index >= 15 is 0 Å². The summed E-state index contributed by atoms with van der Waals surface area (Å²) in [6, 6.07) is 16.9. The number of hydrogen-bond acceptors (Lipinski definition) is 5. The van der Waals surface area contributed by atoms with Crippen molar-refractivity contribution in [3.8, 4) is 5.69 Å². The molecule has 1 atom stereocenters. The zero-order chi connectivity index (χ0) is 24.0. The molecule has 1 aromatic heterocycles. The van der Waals surface area contributed by atoms with E-state index in [2.05, 4.69) is 62.2 Å². The third-order valence-electron chi connectivity index (χ3n) is 7.11. The lowest BCUT2D eigenvalue weighted by Crippen LogP contribution is -2.30. The quantitative estimate of drug-likeness (QED) is 0.446. The van der Waals surface area contributed by atoms with Gasteiger partial charge in [0.15, 0.2) is 11.0 Å². The Morgan fingerprint density at radius 1 is 0.971 bits per heavy atom. The van der Waals surface area contributed by atoms with Gasteiger partial charge < -0.3 is 5.32 Å². The Hall–Kier alpha value is -2.64. The molecule has 1 aliphatic carbocycles. The highest BCUT2D eigenvalue weighted by molar-refractivity contribution is 7.99. The monoisotopic (exact) mass is 489 g/mol. The Balaban J connectivity index is 1.25. The van der Waals surface area contributed by atoms with Crippen molar-refractivity contribution in [1.82, 2.24) is 25.0 Å². The number of aryl methyl sites for hydroxylation is 2. The van der Waals surface area contributed by atoms with Crippen LogP contribution in [0.15, 0.2) is 53.7 Å². The molecule has 0 radical (unpaired) electrons. The largest absolute Gasteiger partial charge is 0.349 e. The third kappa shape index (κ3) is 5.96. The van der Waals surface area contributed by atoms with Crippen molar-refractivity contribution in [1.29, 1.82) is 0 Å². The van der Waals surface area contributed by atoms with E-state index in [9.17, 15) is 4.79 Å². The molecule has 1 unspecified atom stereocenters. The molecule has 0 saturated carbocycles. The summed E-state index contributed by atoms with van der Waals surface area (Å²) in [4.78, 5) is 15.3. The van der Waals surface area contributed by atoms with Crippen LogP contribution in [-0.4, -0.2) is 44.4 Å². The van der Waals surface area contributed by atoms with Gasteiger partial charge in [0.2, 0.25) is 5.91 Å². The molecule has 1 aliphatic heterocycles. The number of carbonyl (C=O) groups is 1. The summed E-state index contributed by atoms with van der Waals surface area (Å²) in [5.74, 6) is 1.26. The van der Waals surface area contributed by atoms with Crippen LogP contribution >= 0.6 is 11.8 Å². The van der Waals surface area contributed by atoms with Crippen molar-refractivity contribution in [2.45, 2.75) is 69.6 Å². The predicted octanol–water partition coefficient (Wildman–Crippen LogP) is 5.10. The van der Waals surface area contributed by atoms with Crippen LogP contribution in [-0.2, 0) is 24.2 Å². The number of carbonyl (C=O) groups excluding carboxylic acids is 1. The van der Waals surface area contributed by atoms with Crippen molar-refractivity contribution < 1.29 is 4.79 Å². The van der Waals surface area contributed by atoms with E-state index in [-0.39, 0.29) is 11.9 Å². The van der Waals surface area contributed by atoms with Gasteiger partial charge in [-0.05, 0) is 87.4 Å². The fourth-order valence-corrected chi connectivity index (χ4v) is 5.95. The van der Waals surface area contributed by atoms with E-state index in [1.54, 1.807) is 0 Å². The average molecular weight is 490 g/mol. The zero-order valence-corrected chi connectivity index (χ0v) is 21.4. The molecule has 5 rings (SSSR count). The summed E-state index contributed by atoms with van der Waals surface area (Å²) in [6.07, 6.45) is 8.65. The van der Waals surface area contributed by atoms with Crippen molar-refractivity contribution in [3.05, 3.63) is 71.0 Å². The third-order valence-corrected chi connectivity index (χ3v) is 8.04. The first-order chi connectivity index (χ1) is 17.2. The highest BCUT2D eigenvalue weighted by Gasteiger charge is 2.20. The molecule has 1 fully saturated rings. The number of likely N-dealkylation sites (tertiary alicyclic amines) is 1. The molecule has 1 N–H and O–H groups in total. The number of benzene rings is 2. The maximum atomic E-state index is 12.9. The molecule has 184 valence electrons. The minimum atomic E-state index is -0.0167. The number of piperidine rings is 1. The molecule has 3 aromatic rings. The fraction of sp³-hybridized carbons (Fsp3) is 0.464. The molecular weight excluding hydrogens is 454 g/mol. The van der Waals surface area contributed by atoms with Crippen LogP contribution in [0.25, 0.3) is 5.69 Å². The first-order valence-electron chi connectivity index (χ1n) is 12.9. The molecule has 0 bridgehead atoms. The normalized spacial score (nSPS) is 17.1. The minimum Gasteiger partial charge on any atom is -0.349 e. The van der Waals surface area contributed by atoms with E-state index < -0.39 is 0 Å². The summed E-state index contributed by atoms with van der Waals surface area (Å²) in [5.41, 5.74) is 5.13. The van der Waals surface area contributed by atoms with Crippen LogP contribution in [0.2, 0.25) is 0 Å². The van der Waals surface area contributed by atoms with E-state index in [1.807, 2.05) is 18.2 Å². The smallest absolute Gasteiger partial charge is 0.230 e. The SMILES string of the molecule is CC(NC(=O)CSc1nnc(CN2CCCCC2)n1-c1ccccc1)c1ccc2c(c1)CCCC2. The lowest BCUT2D eigenvalue weighted by Gasteiger charge is -2.26. The molecule has 1 amide bonds. The van der Waals surface area contributed by atoms with Gasteiger partial charge in [-0.3, -0.25) is 14.3 Å². The second-order valence-electron chi connectivity index (χ2n) is 9.72. The maximum Gasteiger partial charge on any atom is 0.230 e. The van der Waals surface area contributed by atoms with Gasteiger partial charge in [0.25, 0.3) is 0 Å². The maximum absolute atomic E-state index is 12.9. The van der Waals surface area contributed by atoms with E-state index in [4.69, 9.17) is 0 Å². The molecule has 2 aliphatic rings. The van der Waals surface area contributed by atoms with Gasteiger partial charge >= 0.3 is 0 Å². The second-order valence-corrected chi connectivity index (χ2v) is 10.7. The number of amides is 1. The van der Waals surface area contributed by atoms with E-state index in [1.165, 1.54) is 67.0 Å². The van der Waals surface area contributed by atoms with Crippen LogP contribution in [0.4, 0.5) is 0 Å². The van der Waals surface area contributed by atoms with E-state index in [0.29, 0.717) is 5.75 Å². The van der Waals surface area contributed by atoms with Gasteiger partial charge in [0, 0.05) is 5.69 Å². The van der Waals surface area contributed by atoms with Crippen molar-refractivity contribution in [2.75, 3.05) is 18.8 Å². The second kappa shape index (κ2) is 11.4. The molecule has 35 heavy (non-hydrogen) atoms. The average Bonchev–Trinajstić information content (AvgIpc) is 3.30. The number of hydrogen-bond donors (Lipinski definition) is 1. The van der Waals surface area contributed by atoms with E-state index in [0.717, 1.165) is 42.7 Å². The molecule has 2 aromatic carbocycles. The van der Waals surface area contributed by atoms with Gasteiger partial charge in [-0.1, -0.05) is 54.6 Å². The molecule has 6 nitrogen and oxygen atoms in total. The highest BCUT2D eigenvalue weighted by atomic mass is 32.2. The van der Waals surface area contributed by atoms with Gasteiger partial charge in [-0.15, -0.1) is 10.2 Å². The molecule has 0 spiro atoms. The summed E-state index contributed by atoms with van der Waals surface area (Å²) in [5, 5.41) is 13.0. The number of nitrogens with zero attached hydrogens (tertiary/aromatic N) is 4. The Labute approximate surface area is 212 Å². The highest BCUT2D eigenvalue weighted by Crippen LogP contribution is 2.26. The Morgan fingerprint density at radius 3 is 2.54 bits per heavy atom. The van der Waals surface area contributed by atoms with Crippen molar-refractivity contribution in [3.63, 3.8) is 0 Å². The number of fused-ring (bicyclic) bond motifs is 1. The Bertz CT molecular complexity index is 1140. The Morgan fingerprint density at radius 2 is 1.74 bits per heavy atom. The minimum absolute atomic E-state index is 0.0143. The number of thioether (sulfide) groups is 1. The van der Waals surface area contributed by atoms with Crippen molar-refractivity contribution in [2.24, 2.45) is 0 Å². The van der Waals surface area contributed by atoms with Gasteiger partial charge in [0.05, 0.1) is 18.3 Å². The lowest BCUT2D eigenvalue weighted by atomic mass is 9.89. The number of nitrogens with one attached hydrogen (secondary N) is 1. The van der Waals surface area contributed by atoms with Gasteiger partial charge in [-0.2, -0.15) is 0 Å². The fourth-order valence-electron chi connectivity index (χ4n) is 5.17. The standard InChI is InChI=1S/C28H35N5OS/c1-21(23-15-14-22-10-6-7-11-24(22)18-23)29-27(34)20-35-28-31-30-26(19-32-16-8-3-9-17-32)33(28)25-12-4-2-5-13-25/h2,4-5,12-15,18,21H,3,6-11,16-17,19-20H2,1H3,(H,29,34). The van der Waals surface area contributed by atoms with Crippen LogP contribution in [0.3, 0.4) is 0 Å². The first kappa shape index (κ1) is 24.1. The van der Waals surface area contributed by atoms with Gasteiger partial charge in [-0.25, -0.2) is 0 Å². The topological polar surface area (TPSA) is 63.1 Å². The number of aromatic nitrogens is 3. The molecule has 1 saturated heterocycles. The zero-order valence-electron chi connectivity index (χ0n) is 20.6. The van der Waals surface area contributed by atoms with Crippen LogP contribution in [0.5, 0.6) is 0 Å². The summed E-state index contributed by atoms with van der Waals surface area (Å²) in [6.45, 7) is 5.06. The Kier molecular flexibility index (Phi) is 7.84. The molecule has 2 heterocycles. The lowest BCUT2D eigenvalue weighted by molar-refractivity contribution is -0.119. The predicted molar refractivity (Wildman–Crippen MR) is 141 cm³/mol. The van der Waals surface area contributed by atoms with Crippen LogP contribution in [0, 0.1) is 0 Å². The van der Waals surface area contributed by atoms with Crippen molar-refractivity contribution >= 4 is 17.7 Å². The first-order valence-corrected chi connectivity index (χ1v) is 13.9. The summed E-state index contributed by atoms with van der Waals surface area (Å²) in [7, 11) is 0. The summed E-state index contributed by atoms with van der Waals surface area (Å²) < 4.78 is 2.11. The number of rotatable bonds is 8. The summed E-state index contributed by atoms with van der Waals surface area (Å²) >= 11 is 1.45.